The van der Waals surface area contributed by atoms with Gasteiger partial charge in [0.1, 0.15) is 16.5 Å². The lowest BCUT2D eigenvalue weighted by Gasteiger charge is -2.22. The predicted molar refractivity (Wildman–Crippen MR) is 114 cm³/mol. The van der Waals surface area contributed by atoms with Gasteiger partial charge in [0.15, 0.2) is 5.82 Å². The van der Waals surface area contributed by atoms with Gasteiger partial charge in [-0.3, -0.25) is 4.79 Å². The molecule has 0 unspecified atom stereocenters. The number of hydrogen-bond donors (Lipinski definition) is 0. The molecule has 0 radical (unpaired) electrons. The number of rotatable bonds is 5. The first kappa shape index (κ1) is 19.7. The molecule has 0 fully saturated rings. The molecule has 0 spiro atoms. The van der Waals surface area contributed by atoms with Crippen molar-refractivity contribution in [3.8, 4) is 28.8 Å². The van der Waals surface area contributed by atoms with Crippen molar-refractivity contribution < 1.29 is 19.0 Å². The Morgan fingerprint density at radius 1 is 1.17 bits per heavy atom. The Morgan fingerprint density at radius 2 is 1.97 bits per heavy atom. The number of benzene rings is 2. The highest BCUT2D eigenvalue weighted by Gasteiger charge is 2.25. The van der Waals surface area contributed by atoms with E-state index in [2.05, 4.69) is 20.9 Å². The molecule has 2 heterocycles. The van der Waals surface area contributed by atoms with E-state index in [0.717, 1.165) is 32.7 Å². The summed E-state index contributed by atoms with van der Waals surface area (Å²) in [5.74, 6) is 2.40. The Balaban J connectivity index is 1.76. The van der Waals surface area contributed by atoms with Gasteiger partial charge in [0.25, 0.3) is 0 Å². The fourth-order valence-electron chi connectivity index (χ4n) is 2.93. The SMILES string of the molecule is COC(=O)CSc1nc(-c2ccc(OC)cc2)nc2c1Cc1cc(Br)ccc1O2. The van der Waals surface area contributed by atoms with Gasteiger partial charge in [0.05, 0.1) is 25.5 Å². The molecule has 3 aromatic rings. The van der Waals surface area contributed by atoms with Crippen LogP contribution >= 0.6 is 27.7 Å². The molecule has 1 aromatic heterocycles. The van der Waals surface area contributed by atoms with Crippen LogP contribution in [-0.2, 0) is 16.0 Å². The minimum atomic E-state index is -0.312. The second kappa shape index (κ2) is 8.42. The van der Waals surface area contributed by atoms with E-state index in [1.165, 1.54) is 18.9 Å². The molecule has 1 aliphatic heterocycles. The molecule has 0 saturated carbocycles. The van der Waals surface area contributed by atoms with Crippen molar-refractivity contribution in [3.63, 3.8) is 0 Å². The highest BCUT2D eigenvalue weighted by molar-refractivity contribution is 9.10. The van der Waals surface area contributed by atoms with Crippen LogP contribution in [0.5, 0.6) is 17.4 Å². The number of carbonyl (C=O) groups is 1. The summed E-state index contributed by atoms with van der Waals surface area (Å²) >= 11 is 4.82. The van der Waals surface area contributed by atoms with Crippen molar-refractivity contribution in [2.45, 2.75) is 11.4 Å². The number of esters is 1. The van der Waals surface area contributed by atoms with Crippen LogP contribution in [0.25, 0.3) is 11.4 Å². The number of methoxy groups -OCH3 is 2. The van der Waals surface area contributed by atoms with Gasteiger partial charge in [0.2, 0.25) is 5.88 Å². The normalized spacial score (nSPS) is 11.8. The van der Waals surface area contributed by atoms with E-state index in [1.54, 1.807) is 7.11 Å². The molecule has 0 N–H and O–H groups in total. The van der Waals surface area contributed by atoms with Crippen LogP contribution in [0, 0.1) is 0 Å². The Labute approximate surface area is 180 Å². The molecule has 8 heteroatoms. The van der Waals surface area contributed by atoms with Gasteiger partial charge in [-0.2, -0.15) is 4.98 Å². The van der Waals surface area contributed by atoms with Gasteiger partial charge in [-0.05, 0) is 42.5 Å². The minimum Gasteiger partial charge on any atom is -0.497 e. The third-order valence-electron chi connectivity index (χ3n) is 4.43. The van der Waals surface area contributed by atoms with Crippen molar-refractivity contribution >= 4 is 33.7 Å². The lowest BCUT2D eigenvalue weighted by atomic mass is 10.0. The first-order chi connectivity index (χ1) is 14.1. The first-order valence-electron chi connectivity index (χ1n) is 8.78. The number of thioether (sulfide) groups is 1. The summed E-state index contributed by atoms with van der Waals surface area (Å²) < 4.78 is 17.1. The zero-order valence-electron chi connectivity index (χ0n) is 15.8. The summed E-state index contributed by atoms with van der Waals surface area (Å²) in [6.45, 7) is 0. The lowest BCUT2D eigenvalue weighted by Crippen LogP contribution is -2.10. The van der Waals surface area contributed by atoms with Gasteiger partial charge in [-0.25, -0.2) is 4.98 Å². The van der Waals surface area contributed by atoms with E-state index in [0.29, 0.717) is 23.2 Å². The Kier molecular flexibility index (Phi) is 5.73. The molecule has 0 aliphatic carbocycles. The fraction of sp³-hybridized carbons (Fsp3) is 0.190. The standard InChI is InChI=1S/C21H17BrN2O4S/c1-26-15-6-3-12(4-7-15)19-23-20-16(21(24-19)29-11-18(25)27-2)10-13-9-14(22)5-8-17(13)28-20/h3-9H,10-11H2,1-2H3. The quantitative estimate of drug-likeness (QED) is 0.233. The summed E-state index contributed by atoms with van der Waals surface area (Å²) in [6.07, 6.45) is 0.622. The van der Waals surface area contributed by atoms with Gasteiger partial charge < -0.3 is 14.2 Å². The number of hydrogen-bond acceptors (Lipinski definition) is 7. The molecule has 1 aliphatic rings. The third-order valence-corrected chi connectivity index (χ3v) is 5.91. The van der Waals surface area contributed by atoms with E-state index in [4.69, 9.17) is 19.2 Å². The second-order valence-electron chi connectivity index (χ2n) is 6.26. The van der Waals surface area contributed by atoms with Crippen LogP contribution < -0.4 is 9.47 Å². The molecule has 0 bridgehead atoms. The Hall–Kier alpha value is -2.58. The summed E-state index contributed by atoms with van der Waals surface area (Å²) in [7, 11) is 2.99. The summed E-state index contributed by atoms with van der Waals surface area (Å²) in [5, 5.41) is 0.705. The Morgan fingerprint density at radius 3 is 2.69 bits per heavy atom. The van der Waals surface area contributed by atoms with Crippen molar-refractivity contribution in [2.75, 3.05) is 20.0 Å². The molecule has 29 heavy (non-hydrogen) atoms. The molecule has 2 aromatic carbocycles. The number of fused-ring (bicyclic) bond motifs is 2. The van der Waals surface area contributed by atoms with Gasteiger partial charge in [-0.1, -0.05) is 27.7 Å². The predicted octanol–water partition coefficient (Wildman–Crippen LogP) is 4.88. The minimum absolute atomic E-state index is 0.160. The number of nitrogens with zero attached hydrogens (tertiary/aromatic N) is 2. The average Bonchev–Trinajstić information content (AvgIpc) is 2.75. The first-order valence-corrected chi connectivity index (χ1v) is 10.6. The topological polar surface area (TPSA) is 70.5 Å². The second-order valence-corrected chi connectivity index (χ2v) is 8.14. The van der Waals surface area contributed by atoms with E-state index in [1.807, 2.05) is 42.5 Å². The molecule has 0 amide bonds. The highest BCUT2D eigenvalue weighted by atomic mass is 79.9. The number of carbonyl (C=O) groups excluding carboxylic acids is 1. The zero-order valence-corrected chi connectivity index (χ0v) is 18.2. The molecular formula is C21H17BrN2O4S. The van der Waals surface area contributed by atoms with E-state index < -0.39 is 0 Å². The van der Waals surface area contributed by atoms with E-state index in [9.17, 15) is 4.79 Å². The number of aromatic nitrogens is 2. The molecule has 6 nitrogen and oxygen atoms in total. The summed E-state index contributed by atoms with van der Waals surface area (Å²) in [4.78, 5) is 21.1. The maximum absolute atomic E-state index is 11.7. The van der Waals surface area contributed by atoms with Crippen LogP contribution in [-0.4, -0.2) is 35.9 Å². The fourth-order valence-corrected chi connectivity index (χ4v) is 4.20. The zero-order chi connectivity index (χ0) is 20.4. The third kappa shape index (κ3) is 4.23. The molecule has 0 atom stereocenters. The molecule has 4 rings (SSSR count). The van der Waals surface area contributed by atoms with Gasteiger partial charge >= 0.3 is 5.97 Å². The van der Waals surface area contributed by atoms with Crippen LogP contribution in [0.1, 0.15) is 11.1 Å². The van der Waals surface area contributed by atoms with Crippen LogP contribution in [0.15, 0.2) is 52.0 Å². The van der Waals surface area contributed by atoms with Crippen molar-refractivity contribution in [2.24, 2.45) is 0 Å². The monoisotopic (exact) mass is 472 g/mol. The van der Waals surface area contributed by atoms with Crippen LogP contribution in [0.3, 0.4) is 0 Å². The molecule has 0 saturated heterocycles. The van der Waals surface area contributed by atoms with Gasteiger partial charge in [-0.15, -0.1) is 0 Å². The van der Waals surface area contributed by atoms with E-state index >= 15 is 0 Å². The number of halogens is 1. The van der Waals surface area contributed by atoms with Crippen molar-refractivity contribution in [1.82, 2.24) is 9.97 Å². The lowest BCUT2D eigenvalue weighted by molar-refractivity contribution is -0.137. The Bertz CT molecular complexity index is 1070. The van der Waals surface area contributed by atoms with Gasteiger partial charge in [0, 0.05) is 22.0 Å². The average molecular weight is 473 g/mol. The van der Waals surface area contributed by atoms with Crippen LogP contribution in [0.4, 0.5) is 0 Å². The molecule has 148 valence electrons. The summed E-state index contributed by atoms with van der Waals surface area (Å²) in [5.41, 5.74) is 2.73. The highest BCUT2D eigenvalue weighted by Crippen LogP contribution is 2.41. The maximum atomic E-state index is 11.7. The molecular weight excluding hydrogens is 456 g/mol. The van der Waals surface area contributed by atoms with Crippen molar-refractivity contribution in [3.05, 3.63) is 58.1 Å². The maximum Gasteiger partial charge on any atom is 0.316 e. The largest absolute Gasteiger partial charge is 0.497 e. The summed E-state index contributed by atoms with van der Waals surface area (Å²) in [6, 6.07) is 13.4. The van der Waals surface area contributed by atoms with E-state index in [-0.39, 0.29) is 11.7 Å². The van der Waals surface area contributed by atoms with Crippen LogP contribution in [0.2, 0.25) is 0 Å². The van der Waals surface area contributed by atoms with Crippen molar-refractivity contribution in [1.29, 1.82) is 0 Å². The smallest absolute Gasteiger partial charge is 0.316 e. The number of ether oxygens (including phenoxy) is 3.